The van der Waals surface area contributed by atoms with E-state index in [0.29, 0.717) is 12.8 Å². The van der Waals surface area contributed by atoms with Gasteiger partial charge in [0.05, 0.1) is 5.41 Å². The van der Waals surface area contributed by atoms with Crippen molar-refractivity contribution in [3.05, 3.63) is 11.8 Å². The summed E-state index contributed by atoms with van der Waals surface area (Å²) < 4.78 is 0. The Hall–Kier alpha value is -0.970. The van der Waals surface area contributed by atoms with Gasteiger partial charge in [-0.1, -0.05) is 6.08 Å². The summed E-state index contributed by atoms with van der Waals surface area (Å²) in [7, 11) is 1.83. The second-order valence-electron chi connectivity index (χ2n) is 5.92. The Morgan fingerprint density at radius 2 is 2.05 bits per heavy atom. The molecule has 0 bridgehead atoms. The number of fused-ring (bicyclic) bond motifs is 1. The third kappa shape index (κ3) is 2.16. The summed E-state index contributed by atoms with van der Waals surface area (Å²) in [5, 5.41) is 0. The van der Waals surface area contributed by atoms with E-state index >= 15 is 0 Å². The summed E-state index contributed by atoms with van der Waals surface area (Å²) in [5.74, 6) is 2.49. The Bertz CT molecular complexity index is 457. The van der Waals surface area contributed by atoms with Crippen molar-refractivity contribution in [2.45, 2.75) is 32.1 Å². The maximum Gasteiger partial charge on any atom is 0.234 e. The lowest BCUT2D eigenvalue weighted by atomic mass is 9.69. The SMILES string of the molecule is CN1C(=O)CC[C@@]2(C(=O)N3CCSCC3)CCCC=C12. The molecule has 2 amide bonds. The highest BCUT2D eigenvalue weighted by Gasteiger charge is 2.50. The van der Waals surface area contributed by atoms with Crippen molar-refractivity contribution in [3.63, 3.8) is 0 Å². The largest absolute Gasteiger partial charge is 0.340 e. The molecule has 0 spiro atoms. The van der Waals surface area contributed by atoms with Gasteiger partial charge in [-0.2, -0.15) is 11.8 Å². The third-order valence-corrected chi connectivity index (χ3v) is 5.79. The van der Waals surface area contributed by atoms with Gasteiger partial charge in [0.15, 0.2) is 0 Å². The summed E-state index contributed by atoms with van der Waals surface area (Å²) in [6, 6.07) is 0. The van der Waals surface area contributed by atoms with E-state index in [2.05, 4.69) is 6.08 Å². The van der Waals surface area contributed by atoms with E-state index in [0.717, 1.165) is 49.6 Å². The van der Waals surface area contributed by atoms with Crippen LogP contribution < -0.4 is 0 Å². The molecular weight excluding hydrogens is 272 g/mol. The predicted molar refractivity (Wildman–Crippen MR) is 80.3 cm³/mol. The van der Waals surface area contributed by atoms with Crippen molar-refractivity contribution in [1.82, 2.24) is 9.80 Å². The zero-order valence-electron chi connectivity index (χ0n) is 12.1. The van der Waals surface area contributed by atoms with Crippen LogP contribution in [0.3, 0.4) is 0 Å². The van der Waals surface area contributed by atoms with E-state index in [1.165, 1.54) is 0 Å². The molecule has 0 N–H and O–H groups in total. The molecule has 20 heavy (non-hydrogen) atoms. The fourth-order valence-electron chi connectivity index (χ4n) is 3.69. The van der Waals surface area contributed by atoms with Crippen LogP contribution in [0, 0.1) is 5.41 Å². The lowest BCUT2D eigenvalue weighted by Crippen LogP contribution is -2.54. The second kappa shape index (κ2) is 5.43. The fraction of sp³-hybridized carbons (Fsp3) is 0.733. The van der Waals surface area contributed by atoms with Gasteiger partial charge in [0, 0.05) is 43.8 Å². The highest BCUT2D eigenvalue weighted by molar-refractivity contribution is 7.99. The minimum atomic E-state index is -0.414. The number of thioether (sulfide) groups is 1. The van der Waals surface area contributed by atoms with Crippen molar-refractivity contribution in [2.75, 3.05) is 31.6 Å². The van der Waals surface area contributed by atoms with Gasteiger partial charge in [-0.15, -0.1) is 0 Å². The number of hydrogen-bond donors (Lipinski definition) is 0. The molecule has 5 heteroatoms. The summed E-state index contributed by atoms with van der Waals surface area (Å²) in [5.41, 5.74) is 0.561. The van der Waals surface area contributed by atoms with E-state index in [1.54, 1.807) is 4.90 Å². The van der Waals surface area contributed by atoms with Crippen molar-refractivity contribution in [2.24, 2.45) is 5.41 Å². The molecule has 110 valence electrons. The highest BCUT2D eigenvalue weighted by atomic mass is 32.2. The normalized spacial score (nSPS) is 30.9. The standard InChI is InChI=1S/C15H22N2O2S/c1-16-12-4-2-3-6-15(12,7-5-13(16)18)14(19)17-8-10-20-11-9-17/h4H,2-3,5-11H2,1H3/t15-/m0/s1. The number of allylic oxidation sites excluding steroid dienone is 1. The molecule has 0 saturated carbocycles. The van der Waals surface area contributed by atoms with Crippen LogP contribution in [0.5, 0.6) is 0 Å². The first-order valence-electron chi connectivity index (χ1n) is 7.49. The Labute approximate surface area is 124 Å². The maximum absolute atomic E-state index is 13.1. The molecule has 2 saturated heterocycles. The molecule has 2 aliphatic heterocycles. The zero-order valence-corrected chi connectivity index (χ0v) is 12.9. The number of hydrogen-bond acceptors (Lipinski definition) is 3. The number of rotatable bonds is 1. The van der Waals surface area contributed by atoms with E-state index < -0.39 is 5.41 Å². The van der Waals surface area contributed by atoms with Gasteiger partial charge in [-0.3, -0.25) is 9.59 Å². The van der Waals surface area contributed by atoms with Gasteiger partial charge in [-0.25, -0.2) is 0 Å². The summed E-state index contributed by atoms with van der Waals surface area (Å²) in [6.07, 6.45) is 6.26. The summed E-state index contributed by atoms with van der Waals surface area (Å²) in [6.45, 7) is 1.71. The molecule has 0 aromatic rings. The second-order valence-corrected chi connectivity index (χ2v) is 7.15. The van der Waals surface area contributed by atoms with Crippen LogP contribution in [0.4, 0.5) is 0 Å². The fourth-order valence-corrected chi connectivity index (χ4v) is 4.60. The monoisotopic (exact) mass is 294 g/mol. The maximum atomic E-state index is 13.1. The van der Waals surface area contributed by atoms with Crippen molar-refractivity contribution >= 4 is 23.6 Å². The van der Waals surface area contributed by atoms with E-state index in [1.807, 2.05) is 23.7 Å². The minimum absolute atomic E-state index is 0.149. The Kier molecular flexibility index (Phi) is 3.80. The Morgan fingerprint density at radius 1 is 1.30 bits per heavy atom. The average molecular weight is 294 g/mol. The van der Waals surface area contributed by atoms with E-state index in [9.17, 15) is 9.59 Å². The average Bonchev–Trinajstić information content (AvgIpc) is 2.51. The van der Waals surface area contributed by atoms with Crippen LogP contribution in [0.25, 0.3) is 0 Å². The zero-order chi connectivity index (χ0) is 14.2. The van der Waals surface area contributed by atoms with Crippen LogP contribution in [-0.2, 0) is 9.59 Å². The molecule has 2 heterocycles. The highest BCUT2D eigenvalue weighted by Crippen LogP contribution is 2.47. The molecule has 3 rings (SSSR count). The number of likely N-dealkylation sites (tertiary alicyclic amines) is 1. The van der Waals surface area contributed by atoms with Gasteiger partial charge in [0.25, 0.3) is 0 Å². The molecule has 4 nitrogen and oxygen atoms in total. The van der Waals surface area contributed by atoms with Gasteiger partial charge >= 0.3 is 0 Å². The van der Waals surface area contributed by atoms with Crippen molar-refractivity contribution < 1.29 is 9.59 Å². The first kappa shape index (κ1) is 14.0. The lowest BCUT2D eigenvalue weighted by molar-refractivity contribution is -0.146. The molecule has 1 atom stereocenters. The molecule has 0 aromatic heterocycles. The number of amides is 2. The molecule has 0 radical (unpaired) electrons. The van der Waals surface area contributed by atoms with Crippen LogP contribution in [0.15, 0.2) is 11.8 Å². The number of carbonyl (C=O) groups is 2. The van der Waals surface area contributed by atoms with Crippen LogP contribution >= 0.6 is 11.8 Å². The molecule has 1 aliphatic carbocycles. The third-order valence-electron chi connectivity index (χ3n) is 4.84. The molecule has 0 aromatic carbocycles. The van der Waals surface area contributed by atoms with E-state index in [4.69, 9.17) is 0 Å². The van der Waals surface area contributed by atoms with Gasteiger partial charge < -0.3 is 9.80 Å². The minimum Gasteiger partial charge on any atom is -0.340 e. The predicted octanol–water partition coefficient (Wildman–Crippen LogP) is 1.87. The molecule has 3 aliphatic rings. The van der Waals surface area contributed by atoms with Gasteiger partial charge in [0.1, 0.15) is 0 Å². The number of carbonyl (C=O) groups excluding carboxylic acids is 2. The summed E-state index contributed by atoms with van der Waals surface area (Å²) >= 11 is 1.92. The number of piperidine rings is 1. The molecular formula is C15H22N2O2S. The Morgan fingerprint density at radius 3 is 2.80 bits per heavy atom. The van der Waals surface area contributed by atoms with Gasteiger partial charge in [-0.05, 0) is 25.7 Å². The summed E-state index contributed by atoms with van der Waals surface area (Å²) in [4.78, 5) is 28.8. The Balaban J connectivity index is 1.91. The van der Waals surface area contributed by atoms with Crippen LogP contribution in [0.1, 0.15) is 32.1 Å². The van der Waals surface area contributed by atoms with Crippen molar-refractivity contribution in [1.29, 1.82) is 0 Å². The molecule has 2 fully saturated rings. The first-order chi connectivity index (χ1) is 9.65. The van der Waals surface area contributed by atoms with Crippen molar-refractivity contribution in [3.8, 4) is 0 Å². The smallest absolute Gasteiger partial charge is 0.234 e. The quantitative estimate of drug-likeness (QED) is 0.741. The lowest BCUT2D eigenvalue weighted by Gasteiger charge is -2.47. The van der Waals surface area contributed by atoms with Crippen LogP contribution in [-0.4, -0.2) is 53.3 Å². The molecule has 0 unspecified atom stereocenters. The van der Waals surface area contributed by atoms with E-state index in [-0.39, 0.29) is 11.8 Å². The van der Waals surface area contributed by atoms with Crippen LogP contribution in [0.2, 0.25) is 0 Å². The number of nitrogens with zero attached hydrogens (tertiary/aromatic N) is 2. The topological polar surface area (TPSA) is 40.6 Å². The van der Waals surface area contributed by atoms with Gasteiger partial charge in [0.2, 0.25) is 11.8 Å². The first-order valence-corrected chi connectivity index (χ1v) is 8.65.